The fourth-order valence-electron chi connectivity index (χ4n) is 3.45. The molecule has 0 radical (unpaired) electrons. The fourth-order valence-corrected chi connectivity index (χ4v) is 3.45. The number of aryl methyl sites for hydroxylation is 1. The molecule has 1 N–H and O–H groups in total. The van der Waals surface area contributed by atoms with E-state index in [2.05, 4.69) is 42.6 Å². The number of rotatable bonds is 6. The minimum Gasteiger partial charge on any atom is -0.314 e. The maximum atomic E-state index is 3.75. The van der Waals surface area contributed by atoms with Gasteiger partial charge in [-0.05, 0) is 43.7 Å². The highest BCUT2D eigenvalue weighted by molar-refractivity contribution is 5.14. The first-order valence-corrected chi connectivity index (χ1v) is 8.17. The number of nitrogens with one attached hydrogen (secondary N) is 1. The molecule has 1 atom stereocenters. The fraction of sp³-hybridized carbons (Fsp3) is 0.667. The zero-order valence-electron chi connectivity index (χ0n) is 12.4. The topological polar surface area (TPSA) is 12.0 Å². The lowest BCUT2D eigenvalue weighted by molar-refractivity contribution is 0.308. The molecule has 19 heavy (non-hydrogen) atoms. The van der Waals surface area contributed by atoms with Crippen molar-refractivity contribution in [3.8, 4) is 0 Å². The zero-order chi connectivity index (χ0) is 13.3. The Balaban J connectivity index is 1.87. The van der Waals surface area contributed by atoms with Crippen LogP contribution in [0.2, 0.25) is 0 Å². The van der Waals surface area contributed by atoms with Gasteiger partial charge in [0.1, 0.15) is 0 Å². The number of hydrogen-bond donors (Lipinski definition) is 1. The van der Waals surface area contributed by atoms with Gasteiger partial charge in [-0.3, -0.25) is 0 Å². The molecule has 0 spiro atoms. The molecule has 1 heteroatoms. The summed E-state index contributed by atoms with van der Waals surface area (Å²) >= 11 is 0. The molecular formula is C18H29N. The van der Waals surface area contributed by atoms with Gasteiger partial charge in [0.15, 0.2) is 0 Å². The molecule has 2 rings (SSSR count). The van der Waals surface area contributed by atoms with Crippen molar-refractivity contribution >= 4 is 0 Å². The van der Waals surface area contributed by atoms with Crippen LogP contribution in [0.15, 0.2) is 30.3 Å². The van der Waals surface area contributed by atoms with E-state index in [9.17, 15) is 0 Å². The van der Waals surface area contributed by atoms with Crippen LogP contribution in [0.25, 0.3) is 0 Å². The Morgan fingerprint density at radius 1 is 1.05 bits per heavy atom. The molecule has 1 aliphatic carbocycles. The molecule has 1 nitrogen and oxygen atoms in total. The molecule has 0 bridgehead atoms. The van der Waals surface area contributed by atoms with Crippen molar-refractivity contribution in [3.63, 3.8) is 0 Å². The van der Waals surface area contributed by atoms with Crippen LogP contribution in [-0.2, 0) is 6.42 Å². The number of benzene rings is 1. The molecular weight excluding hydrogens is 230 g/mol. The van der Waals surface area contributed by atoms with E-state index < -0.39 is 0 Å². The highest BCUT2D eigenvalue weighted by Gasteiger charge is 2.21. The van der Waals surface area contributed by atoms with Gasteiger partial charge < -0.3 is 5.32 Å². The van der Waals surface area contributed by atoms with Gasteiger partial charge in [0.25, 0.3) is 0 Å². The van der Waals surface area contributed by atoms with Crippen molar-refractivity contribution in [2.75, 3.05) is 6.54 Å². The van der Waals surface area contributed by atoms with Crippen LogP contribution in [0.3, 0.4) is 0 Å². The van der Waals surface area contributed by atoms with Crippen molar-refractivity contribution in [2.24, 2.45) is 5.92 Å². The average molecular weight is 259 g/mol. The van der Waals surface area contributed by atoms with Gasteiger partial charge >= 0.3 is 0 Å². The molecule has 0 aromatic heterocycles. The summed E-state index contributed by atoms with van der Waals surface area (Å²) in [5.41, 5.74) is 1.49. The van der Waals surface area contributed by atoms with E-state index in [0.29, 0.717) is 0 Å². The maximum absolute atomic E-state index is 3.75. The molecule has 0 heterocycles. The van der Waals surface area contributed by atoms with Crippen LogP contribution in [0.1, 0.15) is 57.4 Å². The molecule has 1 fully saturated rings. The molecule has 1 aliphatic rings. The Kier molecular flexibility index (Phi) is 6.43. The van der Waals surface area contributed by atoms with Crippen LogP contribution in [0.4, 0.5) is 0 Å². The van der Waals surface area contributed by atoms with Crippen LogP contribution < -0.4 is 5.32 Å². The summed E-state index contributed by atoms with van der Waals surface area (Å²) in [5, 5.41) is 3.75. The van der Waals surface area contributed by atoms with E-state index in [-0.39, 0.29) is 0 Å². The molecule has 1 unspecified atom stereocenters. The summed E-state index contributed by atoms with van der Waals surface area (Å²) in [6.45, 7) is 3.35. The minimum atomic E-state index is 0.725. The maximum Gasteiger partial charge on any atom is 0.00983 e. The molecule has 0 saturated heterocycles. The minimum absolute atomic E-state index is 0.725. The van der Waals surface area contributed by atoms with Gasteiger partial charge in [0, 0.05) is 6.04 Å². The summed E-state index contributed by atoms with van der Waals surface area (Å²) in [4.78, 5) is 0. The average Bonchev–Trinajstić information content (AvgIpc) is 2.73. The third kappa shape index (κ3) is 4.99. The van der Waals surface area contributed by atoms with Crippen molar-refractivity contribution < 1.29 is 0 Å². The second-order valence-electron chi connectivity index (χ2n) is 5.94. The Hall–Kier alpha value is -0.820. The summed E-state index contributed by atoms with van der Waals surface area (Å²) in [6, 6.07) is 11.7. The van der Waals surface area contributed by atoms with Crippen molar-refractivity contribution in [3.05, 3.63) is 35.9 Å². The third-order valence-electron chi connectivity index (χ3n) is 4.52. The molecule has 0 aliphatic heterocycles. The van der Waals surface area contributed by atoms with E-state index in [1.807, 2.05) is 0 Å². The second kappa shape index (κ2) is 8.37. The van der Waals surface area contributed by atoms with E-state index >= 15 is 0 Å². The zero-order valence-corrected chi connectivity index (χ0v) is 12.4. The predicted molar refractivity (Wildman–Crippen MR) is 83.4 cm³/mol. The number of hydrogen-bond acceptors (Lipinski definition) is 1. The van der Waals surface area contributed by atoms with Crippen molar-refractivity contribution in [2.45, 2.75) is 64.3 Å². The lowest BCUT2D eigenvalue weighted by atomic mass is 9.88. The Bertz CT molecular complexity index is 325. The van der Waals surface area contributed by atoms with E-state index in [4.69, 9.17) is 0 Å². The first-order valence-electron chi connectivity index (χ1n) is 8.17. The quantitative estimate of drug-likeness (QED) is 0.738. The van der Waals surface area contributed by atoms with Gasteiger partial charge in [0.05, 0.1) is 0 Å². The van der Waals surface area contributed by atoms with Crippen LogP contribution in [-0.4, -0.2) is 12.6 Å². The first kappa shape index (κ1) is 14.6. The smallest absolute Gasteiger partial charge is 0.00983 e. The van der Waals surface area contributed by atoms with E-state index in [0.717, 1.165) is 18.5 Å². The molecule has 1 aromatic carbocycles. The highest BCUT2D eigenvalue weighted by Crippen LogP contribution is 2.27. The SMILES string of the molecule is CCNC(CCc1ccccc1)C1CCCCCC1. The van der Waals surface area contributed by atoms with E-state index in [1.165, 1.54) is 56.9 Å². The molecule has 1 aromatic rings. The summed E-state index contributed by atoms with van der Waals surface area (Å²) in [7, 11) is 0. The highest BCUT2D eigenvalue weighted by atomic mass is 14.9. The molecule has 106 valence electrons. The predicted octanol–water partition coefficient (Wildman–Crippen LogP) is 4.57. The Morgan fingerprint density at radius 2 is 1.74 bits per heavy atom. The lowest BCUT2D eigenvalue weighted by Gasteiger charge is -2.27. The lowest BCUT2D eigenvalue weighted by Crippen LogP contribution is -2.36. The molecule has 1 saturated carbocycles. The van der Waals surface area contributed by atoms with E-state index in [1.54, 1.807) is 0 Å². The second-order valence-corrected chi connectivity index (χ2v) is 5.94. The normalized spacial score (nSPS) is 19.0. The molecule has 0 amide bonds. The van der Waals surface area contributed by atoms with Crippen LogP contribution in [0, 0.1) is 5.92 Å². The van der Waals surface area contributed by atoms with Crippen LogP contribution in [0.5, 0.6) is 0 Å². The monoisotopic (exact) mass is 259 g/mol. The Labute approximate surface area is 118 Å². The Morgan fingerprint density at radius 3 is 2.37 bits per heavy atom. The third-order valence-corrected chi connectivity index (χ3v) is 4.52. The standard InChI is InChI=1S/C18H29N/c1-2-19-18(17-12-8-3-4-9-13-17)15-14-16-10-6-5-7-11-16/h5-7,10-11,17-19H,2-4,8-9,12-15H2,1H3. The van der Waals surface area contributed by atoms with Crippen LogP contribution >= 0.6 is 0 Å². The van der Waals surface area contributed by atoms with Crippen molar-refractivity contribution in [1.82, 2.24) is 5.32 Å². The van der Waals surface area contributed by atoms with Gasteiger partial charge in [0.2, 0.25) is 0 Å². The van der Waals surface area contributed by atoms with Crippen molar-refractivity contribution in [1.29, 1.82) is 0 Å². The largest absolute Gasteiger partial charge is 0.314 e. The summed E-state index contributed by atoms with van der Waals surface area (Å²) in [5.74, 6) is 0.908. The summed E-state index contributed by atoms with van der Waals surface area (Å²) < 4.78 is 0. The summed E-state index contributed by atoms with van der Waals surface area (Å²) in [6.07, 6.45) is 11.2. The van der Waals surface area contributed by atoms with Gasteiger partial charge in [-0.1, -0.05) is 62.9 Å². The van der Waals surface area contributed by atoms with Gasteiger partial charge in [-0.25, -0.2) is 0 Å². The first-order chi connectivity index (χ1) is 9.40. The van der Waals surface area contributed by atoms with Gasteiger partial charge in [-0.15, -0.1) is 0 Å². The van der Waals surface area contributed by atoms with Gasteiger partial charge in [-0.2, -0.15) is 0 Å².